The van der Waals surface area contributed by atoms with Crippen molar-refractivity contribution in [2.45, 2.75) is 59.9 Å². The second-order valence-corrected chi connectivity index (χ2v) is 8.07. The van der Waals surface area contributed by atoms with Crippen LogP contribution in [0.15, 0.2) is 0 Å². The highest BCUT2D eigenvalue weighted by molar-refractivity contribution is 4.99. The Morgan fingerprint density at radius 3 is 1.56 bits per heavy atom. The first-order valence-electron chi connectivity index (χ1n) is 6.94. The summed E-state index contributed by atoms with van der Waals surface area (Å²) in [6.07, 6.45) is 2.94. The summed E-state index contributed by atoms with van der Waals surface area (Å²) in [5.74, 6) is 2.88. The first-order chi connectivity index (χ1) is 7.19. The molecule has 1 heteroatoms. The number of hydrogen-bond acceptors (Lipinski definition) is 1. The summed E-state index contributed by atoms with van der Waals surface area (Å²) in [5, 5.41) is 0. The Morgan fingerprint density at radius 2 is 1.25 bits per heavy atom. The molecule has 1 aliphatic heterocycles. The van der Waals surface area contributed by atoms with Gasteiger partial charge in [-0.25, -0.2) is 0 Å². The minimum absolute atomic E-state index is 0.365. The van der Waals surface area contributed by atoms with Crippen molar-refractivity contribution < 1.29 is 0 Å². The summed E-state index contributed by atoms with van der Waals surface area (Å²) < 4.78 is 0. The molecule has 2 bridgehead atoms. The molecule has 2 aliphatic rings. The highest BCUT2D eigenvalue weighted by atomic mass is 15.2. The predicted octanol–water partition coefficient (Wildman–Crippen LogP) is 3.79. The summed E-state index contributed by atoms with van der Waals surface area (Å²) >= 11 is 0. The van der Waals surface area contributed by atoms with E-state index in [0.29, 0.717) is 11.0 Å². The fourth-order valence-corrected chi connectivity index (χ4v) is 4.18. The zero-order valence-corrected chi connectivity index (χ0v) is 12.0. The van der Waals surface area contributed by atoms with Crippen LogP contribution in [-0.2, 0) is 0 Å². The summed E-state index contributed by atoms with van der Waals surface area (Å²) in [6.45, 7) is 17.1. The molecule has 2 rings (SSSR count). The molecular formula is C15H29N. The number of rotatable bonds is 0. The van der Waals surface area contributed by atoms with Crippen LogP contribution < -0.4 is 0 Å². The molecule has 94 valence electrons. The number of likely N-dealkylation sites (tertiary alicyclic amines) is 1. The lowest BCUT2D eigenvalue weighted by atomic mass is 9.68. The monoisotopic (exact) mass is 223 g/mol. The molecule has 0 amide bonds. The summed E-state index contributed by atoms with van der Waals surface area (Å²) in [7, 11) is 0. The quantitative estimate of drug-likeness (QED) is 0.604. The molecule has 1 saturated carbocycles. The second kappa shape index (κ2) is 3.73. The van der Waals surface area contributed by atoms with Crippen LogP contribution in [0.2, 0.25) is 0 Å². The van der Waals surface area contributed by atoms with E-state index < -0.39 is 0 Å². The number of piperidine rings is 1. The highest BCUT2D eigenvalue weighted by Gasteiger charge is 2.48. The maximum atomic E-state index is 2.72. The van der Waals surface area contributed by atoms with Gasteiger partial charge in [-0.05, 0) is 56.8 Å². The smallest absolute Gasteiger partial charge is 0.0125 e. The fourth-order valence-electron chi connectivity index (χ4n) is 4.18. The van der Waals surface area contributed by atoms with Crippen LogP contribution in [0.25, 0.3) is 0 Å². The maximum Gasteiger partial charge on any atom is 0.0125 e. The van der Waals surface area contributed by atoms with E-state index in [4.69, 9.17) is 0 Å². The minimum atomic E-state index is 0.365. The molecular weight excluding hydrogens is 194 g/mol. The Balaban J connectivity index is 2.13. The summed E-state index contributed by atoms with van der Waals surface area (Å²) in [6, 6.07) is 0. The van der Waals surface area contributed by atoms with E-state index in [1.165, 1.54) is 25.9 Å². The van der Waals surface area contributed by atoms with Gasteiger partial charge >= 0.3 is 0 Å². The van der Waals surface area contributed by atoms with Crippen LogP contribution in [0, 0.1) is 23.2 Å². The first-order valence-corrected chi connectivity index (χ1v) is 6.94. The molecule has 0 aromatic rings. The highest BCUT2D eigenvalue weighted by Crippen LogP contribution is 2.51. The van der Waals surface area contributed by atoms with E-state index in [9.17, 15) is 0 Å². The van der Waals surface area contributed by atoms with Crippen LogP contribution in [0.4, 0.5) is 0 Å². The topological polar surface area (TPSA) is 3.24 Å². The second-order valence-electron chi connectivity index (χ2n) is 8.07. The molecule has 1 nitrogen and oxygen atoms in total. The Morgan fingerprint density at radius 1 is 0.812 bits per heavy atom. The van der Waals surface area contributed by atoms with Gasteiger partial charge in [-0.15, -0.1) is 0 Å². The average Bonchev–Trinajstić information content (AvgIpc) is 2.35. The van der Waals surface area contributed by atoms with E-state index in [2.05, 4.69) is 46.4 Å². The van der Waals surface area contributed by atoms with E-state index in [-0.39, 0.29) is 0 Å². The van der Waals surface area contributed by atoms with Gasteiger partial charge in [0.15, 0.2) is 0 Å². The Labute approximate surface area is 102 Å². The summed E-state index contributed by atoms with van der Waals surface area (Å²) in [4.78, 5) is 2.72. The van der Waals surface area contributed by atoms with Crippen molar-refractivity contribution in [3.63, 3.8) is 0 Å². The van der Waals surface area contributed by atoms with E-state index in [1.807, 2.05) is 0 Å². The zero-order chi connectivity index (χ0) is 12.1. The largest absolute Gasteiger partial charge is 0.298 e. The maximum absolute atomic E-state index is 2.72. The average molecular weight is 223 g/mol. The zero-order valence-electron chi connectivity index (χ0n) is 12.0. The Hall–Kier alpha value is -0.0400. The number of hydrogen-bond donors (Lipinski definition) is 0. The molecule has 0 aromatic heterocycles. The van der Waals surface area contributed by atoms with Gasteiger partial charge in [0.05, 0.1) is 0 Å². The van der Waals surface area contributed by atoms with Crippen molar-refractivity contribution in [3.05, 3.63) is 0 Å². The molecule has 2 fully saturated rings. The molecule has 1 heterocycles. The van der Waals surface area contributed by atoms with Crippen LogP contribution >= 0.6 is 0 Å². The third-order valence-corrected chi connectivity index (χ3v) is 4.78. The van der Waals surface area contributed by atoms with Gasteiger partial charge in [0.1, 0.15) is 0 Å². The molecule has 0 radical (unpaired) electrons. The van der Waals surface area contributed by atoms with Gasteiger partial charge in [-0.3, -0.25) is 4.90 Å². The van der Waals surface area contributed by atoms with Gasteiger partial charge in [0.25, 0.3) is 0 Å². The van der Waals surface area contributed by atoms with Crippen LogP contribution in [0.1, 0.15) is 54.4 Å². The minimum Gasteiger partial charge on any atom is -0.298 e. The lowest BCUT2D eigenvalue weighted by Gasteiger charge is -2.48. The molecule has 1 saturated heterocycles. The van der Waals surface area contributed by atoms with Gasteiger partial charge < -0.3 is 0 Å². The lowest BCUT2D eigenvalue weighted by molar-refractivity contribution is -0.00262. The molecule has 1 unspecified atom stereocenters. The van der Waals surface area contributed by atoms with Gasteiger partial charge in [-0.1, -0.05) is 20.8 Å². The van der Waals surface area contributed by atoms with E-state index in [0.717, 1.165) is 17.8 Å². The van der Waals surface area contributed by atoms with Gasteiger partial charge in [0.2, 0.25) is 0 Å². The van der Waals surface area contributed by atoms with Crippen molar-refractivity contribution in [2.24, 2.45) is 23.2 Å². The number of fused-ring (bicyclic) bond motifs is 2. The van der Waals surface area contributed by atoms with Crippen LogP contribution in [0.3, 0.4) is 0 Å². The molecule has 16 heavy (non-hydrogen) atoms. The third kappa shape index (κ3) is 2.16. The third-order valence-electron chi connectivity index (χ3n) is 4.78. The molecule has 0 aromatic carbocycles. The lowest BCUT2D eigenvalue weighted by Crippen LogP contribution is -2.53. The number of nitrogens with zero attached hydrogens (tertiary/aromatic N) is 1. The SMILES string of the molecule is CC(C)(C)C1[C@@H]2CC[C@H]1CN(C(C)(C)C)C2. The molecule has 0 spiro atoms. The van der Waals surface area contributed by atoms with E-state index >= 15 is 0 Å². The molecule has 3 atom stereocenters. The predicted molar refractivity (Wildman–Crippen MR) is 70.5 cm³/mol. The van der Waals surface area contributed by atoms with Crippen molar-refractivity contribution in [2.75, 3.05) is 13.1 Å². The molecule has 1 aliphatic carbocycles. The Bertz CT molecular complexity index is 242. The summed E-state index contributed by atoms with van der Waals surface area (Å²) in [5.41, 5.74) is 0.875. The standard InChI is InChI=1S/C15H29N/c1-14(2,3)13-11-7-8-12(13)10-16(9-11)15(4,5)6/h11-13H,7-10H2,1-6H3/t11-,12+,13?. The van der Waals surface area contributed by atoms with Crippen molar-refractivity contribution >= 4 is 0 Å². The van der Waals surface area contributed by atoms with Gasteiger partial charge in [0, 0.05) is 18.6 Å². The van der Waals surface area contributed by atoms with Crippen LogP contribution in [0.5, 0.6) is 0 Å². The van der Waals surface area contributed by atoms with Crippen LogP contribution in [-0.4, -0.2) is 23.5 Å². The van der Waals surface area contributed by atoms with Gasteiger partial charge in [-0.2, -0.15) is 0 Å². The van der Waals surface area contributed by atoms with E-state index in [1.54, 1.807) is 0 Å². The fraction of sp³-hybridized carbons (Fsp3) is 1.00. The molecule has 0 N–H and O–H groups in total. The normalized spacial score (nSPS) is 36.8. The van der Waals surface area contributed by atoms with Crippen molar-refractivity contribution in [1.29, 1.82) is 0 Å². The first kappa shape index (κ1) is 12.4. The van der Waals surface area contributed by atoms with Crippen molar-refractivity contribution in [3.8, 4) is 0 Å². The van der Waals surface area contributed by atoms with Crippen molar-refractivity contribution in [1.82, 2.24) is 4.90 Å². The Kier molecular flexibility index (Phi) is 2.89.